The molecule has 2 unspecified atom stereocenters. The molecule has 0 radical (unpaired) electrons. The number of hydrogen-bond donors (Lipinski definition) is 0. The number of likely N-dealkylation sites (N-methyl/N-ethyl adjacent to an activating group) is 1. The maximum atomic E-state index is 12.8. The van der Waals surface area contributed by atoms with Gasteiger partial charge in [-0.3, -0.25) is 14.2 Å². The number of nitrogens with zero attached hydrogens (tertiary/aromatic N) is 1. The first-order valence-electron chi connectivity index (χ1n) is 27.0. The zero-order valence-electron chi connectivity index (χ0n) is 42.7. The summed E-state index contributed by atoms with van der Waals surface area (Å²) in [6.45, 7) is 4.24. The summed E-state index contributed by atoms with van der Waals surface area (Å²) in [4.78, 5) is 37.7. The van der Waals surface area contributed by atoms with Gasteiger partial charge in [0.25, 0.3) is 7.82 Å². The molecule has 9 nitrogen and oxygen atoms in total. The summed E-state index contributed by atoms with van der Waals surface area (Å²) in [6.07, 6.45) is 53.7. The molecule has 0 aromatic carbocycles. The fourth-order valence-electron chi connectivity index (χ4n) is 7.71. The van der Waals surface area contributed by atoms with Crippen LogP contribution in [0.5, 0.6) is 0 Å². The number of phosphoric acid groups is 1. The smallest absolute Gasteiger partial charge is 0.306 e. The number of carbonyl (C=O) groups excluding carboxylic acids is 2. The van der Waals surface area contributed by atoms with Gasteiger partial charge in [0.15, 0.2) is 6.10 Å². The summed E-state index contributed by atoms with van der Waals surface area (Å²) in [5.74, 6) is -0.834. The van der Waals surface area contributed by atoms with Crippen LogP contribution in [0.15, 0.2) is 24.3 Å². The molecule has 0 aromatic rings. The van der Waals surface area contributed by atoms with Crippen molar-refractivity contribution in [2.24, 2.45) is 0 Å². The van der Waals surface area contributed by atoms with Crippen LogP contribution in [0.25, 0.3) is 0 Å². The van der Waals surface area contributed by atoms with Gasteiger partial charge in [-0.2, -0.15) is 0 Å². The van der Waals surface area contributed by atoms with Gasteiger partial charge in [-0.25, -0.2) is 0 Å². The number of hydrogen-bond acceptors (Lipinski definition) is 8. The van der Waals surface area contributed by atoms with E-state index in [1.807, 2.05) is 21.1 Å². The molecule has 0 aliphatic rings. The van der Waals surface area contributed by atoms with Gasteiger partial charge in [-0.1, -0.05) is 205 Å². The Balaban J connectivity index is 4.10. The molecule has 10 heteroatoms. The van der Waals surface area contributed by atoms with E-state index in [0.29, 0.717) is 17.4 Å². The minimum atomic E-state index is -4.63. The summed E-state index contributed by atoms with van der Waals surface area (Å²) >= 11 is 0. The lowest BCUT2D eigenvalue weighted by Gasteiger charge is -2.28. The zero-order valence-corrected chi connectivity index (χ0v) is 43.6. The van der Waals surface area contributed by atoms with Crippen molar-refractivity contribution in [2.45, 2.75) is 264 Å². The maximum Gasteiger partial charge on any atom is 0.306 e. The van der Waals surface area contributed by atoms with Crippen LogP contribution < -0.4 is 4.89 Å². The Morgan fingerprint density at radius 2 is 0.797 bits per heavy atom. The molecule has 2 atom stereocenters. The number of ether oxygens (including phenoxy) is 2. The van der Waals surface area contributed by atoms with Crippen LogP contribution in [0.2, 0.25) is 0 Å². The minimum Gasteiger partial charge on any atom is -0.756 e. The molecule has 0 aliphatic carbocycles. The van der Waals surface area contributed by atoms with Crippen LogP contribution in [0.4, 0.5) is 0 Å². The number of unbranched alkanes of at least 4 members (excludes halogenated alkanes) is 32. The number of allylic oxidation sites excluding steroid dienone is 4. The maximum absolute atomic E-state index is 12.8. The van der Waals surface area contributed by atoms with E-state index in [1.54, 1.807) is 0 Å². The van der Waals surface area contributed by atoms with E-state index >= 15 is 0 Å². The van der Waals surface area contributed by atoms with E-state index in [-0.39, 0.29) is 32.0 Å². The van der Waals surface area contributed by atoms with Gasteiger partial charge in [0.05, 0.1) is 27.7 Å². The van der Waals surface area contributed by atoms with Crippen molar-refractivity contribution in [3.05, 3.63) is 24.3 Å². The zero-order chi connectivity index (χ0) is 47.1. The molecule has 0 rings (SSSR count). The predicted molar refractivity (Wildman–Crippen MR) is 268 cm³/mol. The van der Waals surface area contributed by atoms with E-state index in [9.17, 15) is 19.0 Å². The Morgan fingerprint density at radius 3 is 1.17 bits per heavy atom. The van der Waals surface area contributed by atoms with E-state index in [4.69, 9.17) is 18.5 Å². The quantitative estimate of drug-likeness (QED) is 0.0195. The predicted octanol–water partition coefficient (Wildman–Crippen LogP) is 15.6. The SMILES string of the molecule is CCCCCC/C=C\CCCCCCCC(=O)OCC(COP(=O)([O-])OCC[N+](C)(C)C)OC(=O)CCCCCCCCCCCCCCCCC/C=C\CCCCCCCCCC. The molecule has 0 N–H and O–H groups in total. The normalized spacial score (nSPS) is 13.5. The van der Waals surface area contributed by atoms with Crippen LogP contribution >= 0.6 is 7.82 Å². The third-order valence-electron chi connectivity index (χ3n) is 11.9. The second kappa shape index (κ2) is 46.6. The van der Waals surface area contributed by atoms with Crippen LogP contribution in [-0.2, 0) is 32.7 Å². The highest BCUT2D eigenvalue weighted by Crippen LogP contribution is 2.38. The molecule has 64 heavy (non-hydrogen) atoms. The second-order valence-corrected chi connectivity index (χ2v) is 21.0. The van der Waals surface area contributed by atoms with Gasteiger partial charge in [0.1, 0.15) is 19.8 Å². The molecule has 0 aromatic heterocycles. The van der Waals surface area contributed by atoms with Crippen LogP contribution in [0, 0.1) is 0 Å². The van der Waals surface area contributed by atoms with Gasteiger partial charge < -0.3 is 27.9 Å². The van der Waals surface area contributed by atoms with Crippen molar-refractivity contribution in [1.29, 1.82) is 0 Å². The van der Waals surface area contributed by atoms with Crippen LogP contribution in [0.3, 0.4) is 0 Å². The van der Waals surface area contributed by atoms with Gasteiger partial charge in [0.2, 0.25) is 0 Å². The van der Waals surface area contributed by atoms with Gasteiger partial charge >= 0.3 is 11.9 Å². The number of phosphoric ester groups is 1. The molecule has 0 heterocycles. The Labute approximate surface area is 396 Å². The number of quaternary nitrogens is 1. The van der Waals surface area contributed by atoms with E-state index in [0.717, 1.165) is 51.4 Å². The number of esters is 2. The summed E-state index contributed by atoms with van der Waals surface area (Å²) in [7, 11) is 1.17. The molecular weight excluding hydrogens is 822 g/mol. The van der Waals surface area contributed by atoms with Gasteiger partial charge in [-0.05, 0) is 64.2 Å². The molecule has 0 saturated heterocycles. The molecular formula is C54H104NO8P. The molecule has 0 aliphatic heterocycles. The fraction of sp³-hybridized carbons (Fsp3) is 0.889. The van der Waals surface area contributed by atoms with Crippen molar-refractivity contribution in [3.63, 3.8) is 0 Å². The Hall–Kier alpha value is -1.51. The Bertz CT molecular complexity index is 1140. The van der Waals surface area contributed by atoms with Crippen LogP contribution in [0.1, 0.15) is 258 Å². The lowest BCUT2D eigenvalue weighted by Crippen LogP contribution is -2.37. The van der Waals surface area contributed by atoms with E-state index in [1.165, 1.54) is 173 Å². The molecule has 0 saturated carbocycles. The van der Waals surface area contributed by atoms with E-state index in [2.05, 4.69) is 38.2 Å². The average molecular weight is 926 g/mol. The third kappa shape index (κ3) is 49.9. The summed E-state index contributed by atoms with van der Waals surface area (Å²) in [6, 6.07) is 0. The fourth-order valence-corrected chi connectivity index (χ4v) is 8.43. The highest BCUT2D eigenvalue weighted by molar-refractivity contribution is 7.45. The van der Waals surface area contributed by atoms with Crippen molar-refractivity contribution in [3.8, 4) is 0 Å². The van der Waals surface area contributed by atoms with Gasteiger partial charge in [0, 0.05) is 12.8 Å². The number of rotatable bonds is 50. The molecule has 0 spiro atoms. The van der Waals surface area contributed by atoms with Crippen molar-refractivity contribution in [1.82, 2.24) is 0 Å². The number of carbonyl (C=O) groups is 2. The molecule has 378 valence electrons. The monoisotopic (exact) mass is 926 g/mol. The van der Waals surface area contributed by atoms with Crippen LogP contribution in [-0.4, -0.2) is 70.0 Å². The molecule has 0 fully saturated rings. The first-order valence-corrected chi connectivity index (χ1v) is 28.5. The lowest BCUT2D eigenvalue weighted by atomic mass is 10.0. The Morgan fingerprint density at radius 1 is 0.469 bits per heavy atom. The highest BCUT2D eigenvalue weighted by Gasteiger charge is 2.21. The first-order chi connectivity index (χ1) is 31.0. The van der Waals surface area contributed by atoms with E-state index < -0.39 is 26.5 Å². The third-order valence-corrected chi connectivity index (χ3v) is 12.9. The highest BCUT2D eigenvalue weighted by atomic mass is 31.2. The van der Waals surface area contributed by atoms with Gasteiger partial charge in [-0.15, -0.1) is 0 Å². The second-order valence-electron chi connectivity index (χ2n) is 19.6. The Kier molecular flexibility index (Phi) is 45.5. The molecule has 0 amide bonds. The standard InChI is InChI=1S/C54H104NO8P/c1-6-8-10-12-14-16-18-20-21-22-23-24-25-26-27-28-29-30-31-32-33-35-37-39-41-43-45-47-54(57)63-52(51-62-64(58,59)61-49-48-55(3,4)5)50-60-53(56)46-44-42-40-38-36-34-19-17-15-13-11-9-7-2/h17,19,22-23,52H,6-16,18,20-21,24-51H2,1-5H3/b19-17-,23-22-. The first kappa shape index (κ1) is 62.5. The van der Waals surface area contributed by atoms with Crippen molar-refractivity contribution in [2.75, 3.05) is 47.5 Å². The summed E-state index contributed by atoms with van der Waals surface area (Å²) < 4.78 is 34.0. The minimum absolute atomic E-state index is 0.0300. The summed E-state index contributed by atoms with van der Waals surface area (Å²) in [5, 5.41) is 0. The molecule has 0 bridgehead atoms. The van der Waals surface area contributed by atoms with Crippen molar-refractivity contribution >= 4 is 19.8 Å². The van der Waals surface area contributed by atoms with Crippen molar-refractivity contribution < 1.29 is 42.1 Å². The summed E-state index contributed by atoms with van der Waals surface area (Å²) in [5.41, 5.74) is 0. The largest absolute Gasteiger partial charge is 0.756 e. The lowest BCUT2D eigenvalue weighted by molar-refractivity contribution is -0.870. The topological polar surface area (TPSA) is 111 Å². The average Bonchev–Trinajstić information content (AvgIpc) is 3.25.